The van der Waals surface area contributed by atoms with Crippen molar-refractivity contribution in [3.8, 4) is 5.82 Å². The number of pyridine rings is 2. The van der Waals surface area contributed by atoms with E-state index in [-0.39, 0.29) is 48.2 Å². The molecule has 0 aliphatic carbocycles. The topological polar surface area (TPSA) is 125 Å². The van der Waals surface area contributed by atoms with Crippen molar-refractivity contribution in [3.05, 3.63) is 56.6 Å². The van der Waals surface area contributed by atoms with E-state index in [2.05, 4.69) is 4.98 Å². The predicted molar refractivity (Wildman–Crippen MR) is 99.2 cm³/mol. The van der Waals surface area contributed by atoms with E-state index >= 15 is 0 Å². The van der Waals surface area contributed by atoms with Gasteiger partial charge in [-0.1, -0.05) is 11.6 Å². The Labute approximate surface area is 188 Å². The van der Waals surface area contributed by atoms with Gasteiger partial charge in [0.25, 0.3) is 0 Å². The molecule has 3 N–H and O–H groups in total. The number of halogens is 4. The van der Waals surface area contributed by atoms with Crippen LogP contribution < -0.4 is 40.0 Å². The number of fused-ring (bicyclic) bond motifs is 1. The van der Waals surface area contributed by atoms with E-state index in [0.717, 1.165) is 10.6 Å². The molecule has 13 heteroatoms. The Morgan fingerprint density at radius 2 is 1.87 bits per heavy atom. The van der Waals surface area contributed by atoms with Crippen LogP contribution in [0.15, 0.2) is 23.1 Å². The van der Waals surface area contributed by atoms with Crippen LogP contribution in [-0.4, -0.2) is 39.8 Å². The number of nitrogens with zero attached hydrogens (tertiary/aromatic N) is 3. The smallest absolute Gasteiger partial charge is 0.545 e. The summed E-state index contributed by atoms with van der Waals surface area (Å²) in [5.74, 6) is -6.61. The number of carboxylic acids is 1. The van der Waals surface area contributed by atoms with E-state index in [0.29, 0.717) is 12.3 Å². The van der Waals surface area contributed by atoms with Crippen LogP contribution in [0.5, 0.6) is 0 Å². The number of aliphatic hydroxyl groups excluding tert-OH is 1. The van der Waals surface area contributed by atoms with Gasteiger partial charge < -0.3 is 25.6 Å². The zero-order chi connectivity index (χ0) is 21.9. The second-order valence-electron chi connectivity index (χ2n) is 6.67. The standard InChI is InChI=1S/C18H12ClF3N4O4.Li/c19-12-13-7(1-9(20)14(12)25-3-6(27)4-25)15(28)8(18(29)30)5-26(13)17-11(22)2-10(21)16(23)24-17;/h1-2,5-6,27H,3-4H2,(H2,23,24)(H,29,30);/q;+1/p-1. The normalized spacial score (nSPS) is 13.8. The number of hydrogen-bond donors (Lipinski definition) is 2. The summed E-state index contributed by atoms with van der Waals surface area (Å²) in [6.45, 7) is 0.110. The van der Waals surface area contributed by atoms with Crippen LogP contribution in [0.3, 0.4) is 0 Å². The summed E-state index contributed by atoms with van der Waals surface area (Å²) in [5, 5.41) is 20.1. The van der Waals surface area contributed by atoms with E-state index < -0.39 is 57.5 Å². The number of aromatic carboxylic acids is 1. The zero-order valence-corrected chi connectivity index (χ0v) is 16.6. The average molecular weight is 447 g/mol. The zero-order valence-electron chi connectivity index (χ0n) is 15.8. The van der Waals surface area contributed by atoms with Crippen LogP contribution in [0.4, 0.5) is 24.7 Å². The molecule has 0 radical (unpaired) electrons. The first-order chi connectivity index (χ1) is 14.1. The molecule has 2 aromatic heterocycles. The first-order valence-corrected chi connectivity index (χ1v) is 8.81. The number of anilines is 2. The molecule has 0 atom stereocenters. The van der Waals surface area contributed by atoms with Gasteiger partial charge in [0, 0.05) is 25.4 Å². The third-order valence-corrected chi connectivity index (χ3v) is 5.08. The third kappa shape index (κ3) is 3.63. The molecule has 4 rings (SSSR count). The molecule has 3 heterocycles. The maximum Gasteiger partial charge on any atom is 1.00 e. The van der Waals surface area contributed by atoms with E-state index in [1.807, 2.05) is 0 Å². The van der Waals surface area contributed by atoms with Crippen LogP contribution in [0.25, 0.3) is 16.7 Å². The van der Waals surface area contributed by atoms with Crippen LogP contribution in [-0.2, 0) is 0 Å². The Hall–Kier alpha value is -2.71. The first-order valence-electron chi connectivity index (χ1n) is 8.43. The largest absolute Gasteiger partial charge is 1.00 e. The number of aromatic nitrogens is 2. The maximum atomic E-state index is 14.7. The number of carbonyl (C=O) groups excluding carboxylic acids is 1. The van der Waals surface area contributed by atoms with Crippen molar-refractivity contribution in [1.29, 1.82) is 0 Å². The fourth-order valence-corrected chi connectivity index (χ4v) is 3.69. The molecule has 1 aliphatic heterocycles. The number of rotatable bonds is 3. The Kier molecular flexibility index (Phi) is 5.99. The van der Waals surface area contributed by atoms with Crippen LogP contribution in [0.1, 0.15) is 10.4 Å². The van der Waals surface area contributed by atoms with Gasteiger partial charge in [0.05, 0.1) is 39.2 Å². The molecule has 1 saturated heterocycles. The second kappa shape index (κ2) is 8.09. The minimum absolute atomic E-state index is 0. The van der Waals surface area contributed by atoms with Gasteiger partial charge in [-0.05, 0) is 6.07 Å². The number of carboxylic acid groups (broad SMARTS) is 1. The number of nitrogens with two attached hydrogens (primary N) is 1. The molecule has 1 fully saturated rings. The molecule has 3 aromatic rings. The second-order valence-corrected chi connectivity index (χ2v) is 7.04. The Balaban J connectivity index is 0.00000272. The molecule has 1 aromatic carbocycles. The van der Waals surface area contributed by atoms with E-state index in [1.54, 1.807) is 0 Å². The molecule has 0 saturated carbocycles. The molecule has 0 amide bonds. The van der Waals surface area contributed by atoms with Gasteiger partial charge in [-0.25, -0.2) is 18.2 Å². The van der Waals surface area contributed by atoms with Gasteiger partial charge in [-0.2, -0.15) is 0 Å². The molecule has 0 bridgehead atoms. The summed E-state index contributed by atoms with van der Waals surface area (Å²) in [6, 6.07) is 1.17. The summed E-state index contributed by atoms with van der Waals surface area (Å²) < 4.78 is 43.6. The fourth-order valence-electron chi connectivity index (χ4n) is 3.28. The fraction of sp³-hybridized carbons (Fsp3) is 0.167. The summed E-state index contributed by atoms with van der Waals surface area (Å²) in [5.41, 5.74) is 2.90. The SMILES string of the molecule is Nc1nc(-n2cc(C(=O)[O-])c(=O)c3cc(F)c(N4CC(O)C4)c(Cl)c32)c(F)cc1F.[Li+]. The van der Waals surface area contributed by atoms with E-state index in [9.17, 15) is 33.0 Å². The van der Waals surface area contributed by atoms with Crippen molar-refractivity contribution in [1.82, 2.24) is 9.55 Å². The van der Waals surface area contributed by atoms with Crippen molar-refractivity contribution in [3.63, 3.8) is 0 Å². The minimum Gasteiger partial charge on any atom is -0.545 e. The minimum atomic E-state index is -1.90. The maximum absolute atomic E-state index is 14.7. The van der Waals surface area contributed by atoms with E-state index in [4.69, 9.17) is 17.3 Å². The van der Waals surface area contributed by atoms with Crippen LogP contribution in [0, 0.1) is 17.5 Å². The summed E-state index contributed by atoms with van der Waals surface area (Å²) in [7, 11) is 0. The van der Waals surface area contributed by atoms with Crippen molar-refractivity contribution in [2.75, 3.05) is 23.7 Å². The van der Waals surface area contributed by atoms with Gasteiger partial charge in [0.15, 0.2) is 28.7 Å². The van der Waals surface area contributed by atoms with Crippen molar-refractivity contribution in [2.24, 2.45) is 0 Å². The number of benzene rings is 1. The molecule has 1 aliphatic rings. The first kappa shape index (κ1) is 23.0. The van der Waals surface area contributed by atoms with Gasteiger partial charge in [-0.15, -0.1) is 0 Å². The van der Waals surface area contributed by atoms with Crippen molar-refractivity contribution < 1.29 is 47.0 Å². The van der Waals surface area contributed by atoms with Gasteiger partial charge >= 0.3 is 18.9 Å². The summed E-state index contributed by atoms with van der Waals surface area (Å²) >= 11 is 6.34. The van der Waals surface area contributed by atoms with Gasteiger partial charge in [0.2, 0.25) is 0 Å². The number of aliphatic hydroxyl groups is 1. The monoisotopic (exact) mass is 446 g/mol. The number of carbonyl (C=O) groups is 1. The van der Waals surface area contributed by atoms with E-state index in [1.165, 1.54) is 4.90 Å². The number of nitrogen functional groups attached to an aromatic ring is 1. The molecule has 31 heavy (non-hydrogen) atoms. The van der Waals surface area contributed by atoms with Crippen molar-refractivity contribution >= 4 is 40.0 Å². The average Bonchev–Trinajstić information content (AvgIpc) is 2.64. The quantitative estimate of drug-likeness (QED) is 0.429. The number of hydrogen-bond acceptors (Lipinski definition) is 7. The summed E-state index contributed by atoms with van der Waals surface area (Å²) in [4.78, 5) is 28.9. The molecule has 0 spiro atoms. The van der Waals surface area contributed by atoms with Crippen LogP contribution in [0.2, 0.25) is 5.02 Å². The molecule has 156 valence electrons. The molecule has 8 nitrogen and oxygen atoms in total. The van der Waals surface area contributed by atoms with Gasteiger partial charge in [0.1, 0.15) is 5.82 Å². The number of β-amino-alcohol motifs (C(OH)–C–C–N with tert-alkyl or cyclic N) is 1. The molecule has 0 unspecified atom stereocenters. The Bertz CT molecular complexity index is 1300. The summed E-state index contributed by atoms with van der Waals surface area (Å²) in [6.07, 6.45) is -0.0174. The Morgan fingerprint density at radius 3 is 2.45 bits per heavy atom. The predicted octanol–water partition coefficient (Wildman–Crippen LogP) is -2.41. The van der Waals surface area contributed by atoms with Crippen LogP contribution >= 0.6 is 11.6 Å². The molecular weight excluding hydrogens is 436 g/mol. The molecular formula is C18H11ClF3LiN4O4. The van der Waals surface area contributed by atoms with Gasteiger partial charge in [-0.3, -0.25) is 9.36 Å². The Morgan fingerprint density at radius 1 is 1.23 bits per heavy atom. The third-order valence-electron chi connectivity index (χ3n) is 4.72. The van der Waals surface area contributed by atoms with Crippen molar-refractivity contribution in [2.45, 2.75) is 6.10 Å².